The van der Waals surface area contributed by atoms with Gasteiger partial charge in [0.25, 0.3) is 0 Å². The summed E-state index contributed by atoms with van der Waals surface area (Å²) in [6, 6.07) is 10.1. The van der Waals surface area contributed by atoms with Crippen LogP contribution in [0.3, 0.4) is 0 Å². The number of guanidine groups is 1. The Labute approximate surface area is 162 Å². The number of nitrogens with two attached hydrogens (primary N) is 1. The molecule has 2 fully saturated rings. The molecule has 0 amide bonds. The number of carbonyl (C=O) groups is 1. The first-order chi connectivity index (χ1) is 13.2. The van der Waals surface area contributed by atoms with Crippen LogP contribution in [0.25, 0.3) is 6.08 Å². The standard InChI is InChI=1S/C22H31N3O2/c23-22(24-19-12-6-2-7-13-19)25(20-14-8-3-9-15-20)27-21(26)17-16-18-10-4-1-5-11-18/h1,4-5,10-11,16-17,19-20H,2-3,6-9,12-15H2,(H2,23,24)/b17-16+. The lowest BCUT2D eigenvalue weighted by Gasteiger charge is -2.33. The van der Waals surface area contributed by atoms with Gasteiger partial charge in [0.15, 0.2) is 0 Å². The van der Waals surface area contributed by atoms with Crippen molar-refractivity contribution in [2.24, 2.45) is 10.7 Å². The van der Waals surface area contributed by atoms with E-state index in [4.69, 9.17) is 15.6 Å². The highest BCUT2D eigenvalue weighted by Crippen LogP contribution is 2.24. The van der Waals surface area contributed by atoms with E-state index in [2.05, 4.69) is 0 Å². The van der Waals surface area contributed by atoms with Crippen LogP contribution in [0.1, 0.15) is 69.8 Å². The maximum Gasteiger partial charge on any atom is 0.356 e. The van der Waals surface area contributed by atoms with Gasteiger partial charge in [0.2, 0.25) is 5.96 Å². The van der Waals surface area contributed by atoms with Gasteiger partial charge in [0.05, 0.1) is 12.1 Å². The third-order valence-corrected chi connectivity index (χ3v) is 5.42. The van der Waals surface area contributed by atoms with Crippen molar-refractivity contribution in [1.29, 1.82) is 0 Å². The lowest BCUT2D eigenvalue weighted by Crippen LogP contribution is -2.47. The van der Waals surface area contributed by atoms with Gasteiger partial charge >= 0.3 is 5.97 Å². The first-order valence-corrected chi connectivity index (χ1v) is 10.3. The molecule has 2 aliphatic carbocycles. The number of rotatable bonds is 4. The van der Waals surface area contributed by atoms with Gasteiger partial charge in [0, 0.05) is 6.08 Å². The molecule has 2 saturated carbocycles. The predicted octanol–water partition coefficient (Wildman–Crippen LogP) is 4.44. The van der Waals surface area contributed by atoms with Crippen LogP contribution in [0.15, 0.2) is 41.4 Å². The summed E-state index contributed by atoms with van der Waals surface area (Å²) in [4.78, 5) is 22.8. The van der Waals surface area contributed by atoms with E-state index in [1.54, 1.807) is 11.1 Å². The molecular weight excluding hydrogens is 338 g/mol. The zero-order valence-electron chi connectivity index (χ0n) is 16.1. The maximum absolute atomic E-state index is 12.4. The Hall–Kier alpha value is -2.30. The van der Waals surface area contributed by atoms with Crippen LogP contribution in [0.2, 0.25) is 0 Å². The molecule has 27 heavy (non-hydrogen) atoms. The van der Waals surface area contributed by atoms with Crippen molar-refractivity contribution in [2.45, 2.75) is 76.3 Å². The fourth-order valence-corrected chi connectivity index (χ4v) is 3.93. The highest BCUT2D eigenvalue weighted by Gasteiger charge is 2.27. The lowest BCUT2D eigenvalue weighted by molar-refractivity contribution is -0.175. The summed E-state index contributed by atoms with van der Waals surface area (Å²) in [5.74, 6) is -0.0542. The Morgan fingerprint density at radius 2 is 1.63 bits per heavy atom. The normalized spacial score (nSPS) is 19.9. The smallest absolute Gasteiger partial charge is 0.356 e. The number of hydrogen-bond acceptors (Lipinski definition) is 3. The largest absolute Gasteiger partial charge is 0.367 e. The van der Waals surface area contributed by atoms with E-state index in [-0.39, 0.29) is 12.1 Å². The van der Waals surface area contributed by atoms with Crippen LogP contribution in [-0.2, 0) is 9.63 Å². The van der Waals surface area contributed by atoms with E-state index in [1.165, 1.54) is 31.8 Å². The molecule has 0 aromatic heterocycles. The highest BCUT2D eigenvalue weighted by atomic mass is 16.7. The second kappa shape index (κ2) is 10.1. The predicted molar refractivity (Wildman–Crippen MR) is 109 cm³/mol. The summed E-state index contributed by atoms with van der Waals surface area (Å²) in [7, 11) is 0. The topological polar surface area (TPSA) is 67.9 Å². The Morgan fingerprint density at radius 1 is 1.00 bits per heavy atom. The molecule has 0 bridgehead atoms. The van der Waals surface area contributed by atoms with Crippen LogP contribution < -0.4 is 5.73 Å². The van der Waals surface area contributed by atoms with Crippen molar-refractivity contribution >= 4 is 18.0 Å². The number of hydroxylamine groups is 2. The van der Waals surface area contributed by atoms with Crippen molar-refractivity contribution in [1.82, 2.24) is 5.06 Å². The Balaban J connectivity index is 1.68. The minimum Gasteiger partial charge on any atom is -0.367 e. The summed E-state index contributed by atoms with van der Waals surface area (Å²) >= 11 is 0. The van der Waals surface area contributed by atoms with Crippen molar-refractivity contribution in [3.63, 3.8) is 0 Å². The fraction of sp³-hybridized carbons (Fsp3) is 0.545. The summed E-state index contributed by atoms with van der Waals surface area (Å²) < 4.78 is 0. The quantitative estimate of drug-likeness (QED) is 0.369. The zero-order chi connectivity index (χ0) is 18.9. The second-order valence-electron chi connectivity index (χ2n) is 7.55. The summed E-state index contributed by atoms with van der Waals surface area (Å²) in [6.07, 6.45) is 14.5. The van der Waals surface area contributed by atoms with Gasteiger partial charge in [0.1, 0.15) is 0 Å². The monoisotopic (exact) mass is 369 g/mol. The number of benzene rings is 1. The molecule has 146 valence electrons. The molecule has 0 radical (unpaired) electrons. The molecule has 1 aromatic carbocycles. The lowest BCUT2D eigenvalue weighted by atomic mass is 9.95. The highest BCUT2D eigenvalue weighted by molar-refractivity contribution is 5.88. The molecule has 0 unspecified atom stereocenters. The fourth-order valence-electron chi connectivity index (χ4n) is 3.93. The van der Waals surface area contributed by atoms with Gasteiger partial charge in [-0.25, -0.2) is 9.79 Å². The number of aliphatic imine (C=N–C) groups is 1. The van der Waals surface area contributed by atoms with E-state index in [1.807, 2.05) is 30.3 Å². The van der Waals surface area contributed by atoms with Crippen LogP contribution in [0, 0.1) is 0 Å². The molecule has 0 aliphatic heterocycles. The molecular formula is C22H31N3O2. The third kappa shape index (κ3) is 6.12. The Kier molecular flexibility index (Phi) is 7.31. The molecule has 0 heterocycles. The van der Waals surface area contributed by atoms with E-state index >= 15 is 0 Å². The molecule has 3 rings (SSSR count). The average molecular weight is 370 g/mol. The number of hydrogen-bond donors (Lipinski definition) is 1. The van der Waals surface area contributed by atoms with Gasteiger partial charge in [-0.3, -0.25) is 0 Å². The molecule has 5 heteroatoms. The van der Waals surface area contributed by atoms with Crippen molar-refractivity contribution in [3.05, 3.63) is 42.0 Å². The molecule has 2 aliphatic rings. The molecule has 5 nitrogen and oxygen atoms in total. The molecule has 0 spiro atoms. The average Bonchev–Trinajstić information content (AvgIpc) is 2.72. The minimum absolute atomic E-state index is 0.125. The molecule has 2 N–H and O–H groups in total. The number of carbonyl (C=O) groups excluding carboxylic acids is 1. The van der Waals surface area contributed by atoms with Crippen LogP contribution >= 0.6 is 0 Å². The Bertz CT molecular complexity index is 645. The van der Waals surface area contributed by atoms with Crippen LogP contribution in [0.5, 0.6) is 0 Å². The van der Waals surface area contributed by atoms with E-state index in [9.17, 15) is 4.79 Å². The number of nitrogens with zero attached hydrogens (tertiary/aromatic N) is 2. The SMILES string of the molecule is NC(=NC1CCCCC1)N(OC(=O)/C=C/c1ccccc1)C1CCCCC1. The molecule has 0 atom stereocenters. The summed E-state index contributed by atoms with van der Waals surface area (Å²) in [6.45, 7) is 0. The van der Waals surface area contributed by atoms with Crippen LogP contribution in [0.4, 0.5) is 0 Å². The maximum atomic E-state index is 12.4. The van der Waals surface area contributed by atoms with Gasteiger partial charge in [-0.2, -0.15) is 5.06 Å². The van der Waals surface area contributed by atoms with Crippen molar-refractivity contribution in [2.75, 3.05) is 0 Å². The van der Waals surface area contributed by atoms with Crippen LogP contribution in [-0.4, -0.2) is 29.1 Å². The van der Waals surface area contributed by atoms with Gasteiger partial charge in [-0.05, 0) is 37.3 Å². The first-order valence-electron chi connectivity index (χ1n) is 10.3. The van der Waals surface area contributed by atoms with Gasteiger partial charge in [-0.1, -0.05) is 68.9 Å². The summed E-state index contributed by atoms with van der Waals surface area (Å²) in [5.41, 5.74) is 7.27. The minimum atomic E-state index is -0.411. The third-order valence-electron chi connectivity index (χ3n) is 5.42. The van der Waals surface area contributed by atoms with E-state index < -0.39 is 5.97 Å². The van der Waals surface area contributed by atoms with E-state index in [0.29, 0.717) is 5.96 Å². The molecule has 1 aromatic rings. The van der Waals surface area contributed by atoms with Gasteiger partial charge < -0.3 is 10.6 Å². The Morgan fingerprint density at radius 3 is 2.30 bits per heavy atom. The van der Waals surface area contributed by atoms with Crippen molar-refractivity contribution < 1.29 is 9.63 Å². The molecule has 0 saturated heterocycles. The van der Waals surface area contributed by atoms with Gasteiger partial charge in [-0.15, -0.1) is 0 Å². The zero-order valence-corrected chi connectivity index (χ0v) is 16.1. The second-order valence-corrected chi connectivity index (χ2v) is 7.55. The van der Waals surface area contributed by atoms with E-state index in [0.717, 1.165) is 44.1 Å². The van der Waals surface area contributed by atoms with Crippen molar-refractivity contribution in [3.8, 4) is 0 Å². The summed E-state index contributed by atoms with van der Waals surface area (Å²) in [5, 5.41) is 1.59. The first kappa shape index (κ1) is 19.5.